The topological polar surface area (TPSA) is 35.5 Å². The van der Waals surface area contributed by atoms with E-state index in [2.05, 4.69) is 25.1 Å². The minimum Gasteiger partial charge on any atom is -0.496 e. The fourth-order valence-electron chi connectivity index (χ4n) is 6.85. The molecule has 158 valence electrons. The van der Waals surface area contributed by atoms with Crippen LogP contribution in [0.5, 0.6) is 5.75 Å². The maximum absolute atomic E-state index is 12.5. The smallest absolute Gasteiger partial charge is 0.338 e. The predicted molar refractivity (Wildman–Crippen MR) is 118 cm³/mol. The number of fused-ring (bicyclic) bond motifs is 5. The molecule has 0 aromatic heterocycles. The molecule has 3 aliphatic rings. The van der Waals surface area contributed by atoms with Crippen LogP contribution < -0.4 is 4.74 Å². The number of methoxy groups -OCH3 is 1. The summed E-state index contributed by atoms with van der Waals surface area (Å²) in [4.78, 5) is 12.5. The van der Waals surface area contributed by atoms with E-state index in [1.165, 1.54) is 30.4 Å². The molecule has 2 aromatic carbocycles. The Balaban J connectivity index is 1.32. The summed E-state index contributed by atoms with van der Waals surface area (Å²) in [7, 11) is 1.79. The van der Waals surface area contributed by atoms with Gasteiger partial charge in [0.25, 0.3) is 0 Å². The second kappa shape index (κ2) is 7.76. The zero-order valence-electron chi connectivity index (χ0n) is 18.1. The van der Waals surface area contributed by atoms with Crippen molar-refractivity contribution < 1.29 is 14.3 Å². The number of rotatable bonds is 3. The van der Waals surface area contributed by atoms with Crippen molar-refractivity contribution in [3.05, 3.63) is 65.2 Å². The van der Waals surface area contributed by atoms with Crippen LogP contribution in [-0.2, 0) is 11.2 Å². The molecule has 0 amide bonds. The van der Waals surface area contributed by atoms with E-state index >= 15 is 0 Å². The lowest BCUT2D eigenvalue weighted by Crippen LogP contribution is -2.49. The van der Waals surface area contributed by atoms with Crippen molar-refractivity contribution in [2.24, 2.45) is 17.3 Å². The summed E-state index contributed by atoms with van der Waals surface area (Å²) in [5.74, 6) is 2.91. The third-order valence-corrected chi connectivity index (χ3v) is 8.42. The first-order chi connectivity index (χ1) is 14.6. The fourth-order valence-corrected chi connectivity index (χ4v) is 6.85. The standard InChI is InChI=1S/C27H32O3/c1-27-16-15-20(30-26(28)18-7-4-3-5-8-18)17-19(27)11-12-22-21-9-6-10-25(29-2)23(21)13-14-24(22)27/h3-10,19-20,22,24H,11-17H2,1-2H3/t19-,20-,22+,24-,27-/m1/s1. The van der Waals surface area contributed by atoms with Crippen molar-refractivity contribution in [1.29, 1.82) is 0 Å². The minimum atomic E-state index is -0.170. The molecule has 0 unspecified atom stereocenters. The molecule has 5 atom stereocenters. The van der Waals surface area contributed by atoms with Crippen LogP contribution in [0, 0.1) is 17.3 Å². The van der Waals surface area contributed by atoms with Crippen molar-refractivity contribution >= 4 is 5.97 Å². The molecular weight excluding hydrogens is 372 g/mol. The average Bonchev–Trinajstić information content (AvgIpc) is 2.79. The molecule has 0 saturated heterocycles. The van der Waals surface area contributed by atoms with Gasteiger partial charge in [-0.15, -0.1) is 0 Å². The Morgan fingerprint density at radius 3 is 2.63 bits per heavy atom. The molecule has 5 rings (SSSR count). The molecule has 0 bridgehead atoms. The molecule has 3 heteroatoms. The summed E-state index contributed by atoms with van der Waals surface area (Å²) >= 11 is 0. The summed E-state index contributed by atoms with van der Waals surface area (Å²) < 4.78 is 11.6. The van der Waals surface area contributed by atoms with Gasteiger partial charge in [-0.2, -0.15) is 0 Å². The van der Waals surface area contributed by atoms with Crippen LogP contribution in [0.4, 0.5) is 0 Å². The van der Waals surface area contributed by atoms with Gasteiger partial charge >= 0.3 is 5.97 Å². The zero-order valence-corrected chi connectivity index (χ0v) is 18.1. The van der Waals surface area contributed by atoms with Crippen molar-refractivity contribution in [3.8, 4) is 5.75 Å². The highest BCUT2D eigenvalue weighted by atomic mass is 16.5. The predicted octanol–water partition coefficient (Wildman–Crippen LogP) is 6.17. The van der Waals surface area contributed by atoms with Gasteiger partial charge in [-0.25, -0.2) is 4.79 Å². The van der Waals surface area contributed by atoms with Gasteiger partial charge in [-0.3, -0.25) is 0 Å². The Hall–Kier alpha value is -2.29. The van der Waals surface area contributed by atoms with Gasteiger partial charge in [-0.1, -0.05) is 37.3 Å². The Morgan fingerprint density at radius 1 is 1.00 bits per heavy atom. The molecule has 0 heterocycles. The van der Waals surface area contributed by atoms with E-state index < -0.39 is 0 Å². The average molecular weight is 405 g/mol. The number of esters is 1. The van der Waals surface area contributed by atoms with Crippen LogP contribution in [-0.4, -0.2) is 19.2 Å². The molecule has 2 aromatic rings. The van der Waals surface area contributed by atoms with Gasteiger partial charge < -0.3 is 9.47 Å². The molecule has 0 aliphatic heterocycles. The second-order valence-corrected chi connectivity index (χ2v) is 9.73. The molecule has 3 aliphatic carbocycles. The Labute approximate surface area is 179 Å². The van der Waals surface area contributed by atoms with Crippen LogP contribution in [0.15, 0.2) is 48.5 Å². The highest BCUT2D eigenvalue weighted by Gasteiger charge is 2.52. The summed E-state index contributed by atoms with van der Waals surface area (Å²) in [6.07, 6.45) is 8.06. The lowest BCUT2D eigenvalue weighted by Gasteiger charge is -2.56. The van der Waals surface area contributed by atoms with E-state index in [0.717, 1.165) is 37.4 Å². The van der Waals surface area contributed by atoms with Crippen molar-refractivity contribution in [3.63, 3.8) is 0 Å². The number of benzene rings is 2. The largest absolute Gasteiger partial charge is 0.496 e. The monoisotopic (exact) mass is 404 g/mol. The third-order valence-electron chi connectivity index (χ3n) is 8.42. The van der Waals surface area contributed by atoms with Crippen LogP contribution in [0.25, 0.3) is 0 Å². The molecule has 0 spiro atoms. The maximum Gasteiger partial charge on any atom is 0.338 e. The van der Waals surface area contributed by atoms with E-state index in [9.17, 15) is 4.79 Å². The molecule has 30 heavy (non-hydrogen) atoms. The maximum atomic E-state index is 12.5. The van der Waals surface area contributed by atoms with E-state index in [-0.39, 0.29) is 12.1 Å². The second-order valence-electron chi connectivity index (χ2n) is 9.73. The number of hydrogen-bond acceptors (Lipinski definition) is 3. The number of hydrogen-bond donors (Lipinski definition) is 0. The summed E-state index contributed by atoms with van der Waals surface area (Å²) in [5.41, 5.74) is 3.98. The van der Waals surface area contributed by atoms with Crippen LogP contribution in [0.2, 0.25) is 0 Å². The van der Waals surface area contributed by atoms with E-state index in [1.54, 1.807) is 7.11 Å². The molecule has 2 saturated carbocycles. The summed E-state index contributed by atoms with van der Waals surface area (Å²) in [6.45, 7) is 2.52. The van der Waals surface area contributed by atoms with Crippen LogP contribution in [0.3, 0.4) is 0 Å². The quantitative estimate of drug-likeness (QED) is 0.574. The fraction of sp³-hybridized carbons (Fsp3) is 0.519. The van der Waals surface area contributed by atoms with E-state index in [4.69, 9.17) is 9.47 Å². The number of carbonyl (C=O) groups is 1. The molecule has 2 fully saturated rings. The third kappa shape index (κ3) is 3.23. The van der Waals surface area contributed by atoms with Gasteiger partial charge in [0.05, 0.1) is 12.7 Å². The van der Waals surface area contributed by atoms with Gasteiger partial charge in [-0.05, 0) is 97.4 Å². The Kier molecular flexibility index (Phi) is 5.08. The van der Waals surface area contributed by atoms with E-state index in [0.29, 0.717) is 22.8 Å². The molecule has 0 N–H and O–H groups in total. The number of ether oxygens (including phenoxy) is 2. The first kappa shape index (κ1) is 19.7. The van der Waals surface area contributed by atoms with Crippen molar-refractivity contribution in [1.82, 2.24) is 0 Å². The first-order valence-corrected chi connectivity index (χ1v) is 11.5. The Morgan fingerprint density at radius 2 is 1.83 bits per heavy atom. The van der Waals surface area contributed by atoms with Crippen LogP contribution in [0.1, 0.15) is 72.9 Å². The summed E-state index contributed by atoms with van der Waals surface area (Å²) in [6, 6.07) is 16.0. The van der Waals surface area contributed by atoms with E-state index in [1.807, 2.05) is 30.3 Å². The molecule has 3 nitrogen and oxygen atoms in total. The van der Waals surface area contributed by atoms with Crippen LogP contribution >= 0.6 is 0 Å². The van der Waals surface area contributed by atoms with Gasteiger partial charge in [0.2, 0.25) is 0 Å². The zero-order chi connectivity index (χ0) is 20.7. The van der Waals surface area contributed by atoms with Gasteiger partial charge in [0.15, 0.2) is 0 Å². The Bertz CT molecular complexity index is 921. The molecular formula is C27H32O3. The van der Waals surface area contributed by atoms with Crippen molar-refractivity contribution in [2.45, 2.75) is 63.9 Å². The number of carbonyl (C=O) groups excluding carboxylic acids is 1. The van der Waals surface area contributed by atoms with Gasteiger partial charge in [0.1, 0.15) is 11.9 Å². The highest BCUT2D eigenvalue weighted by Crippen LogP contribution is 2.61. The lowest BCUT2D eigenvalue weighted by molar-refractivity contribution is -0.0682. The lowest BCUT2D eigenvalue weighted by atomic mass is 9.49. The SMILES string of the molecule is COc1cccc2c1CC[C@@H]1[C@H]2CC[C@@H]2C[C@H](OC(=O)c3ccccc3)CC[C@]21C. The molecule has 0 radical (unpaired) electrons. The highest BCUT2D eigenvalue weighted by molar-refractivity contribution is 5.89. The summed E-state index contributed by atoms with van der Waals surface area (Å²) in [5, 5.41) is 0. The normalized spacial score (nSPS) is 32.3. The minimum absolute atomic E-state index is 0.0586. The van der Waals surface area contributed by atoms with Crippen molar-refractivity contribution in [2.75, 3.05) is 7.11 Å². The van der Waals surface area contributed by atoms with Gasteiger partial charge in [0, 0.05) is 0 Å². The first-order valence-electron chi connectivity index (χ1n) is 11.5.